The number of alkyl halides is 1. The Bertz CT molecular complexity index is 318. The zero-order valence-electron chi connectivity index (χ0n) is 8.39. The topological polar surface area (TPSA) is 65.2 Å². The van der Waals surface area contributed by atoms with Crippen molar-refractivity contribution >= 4 is 5.97 Å². The van der Waals surface area contributed by atoms with E-state index in [1.165, 1.54) is 12.4 Å². The van der Waals surface area contributed by atoms with E-state index in [4.69, 9.17) is 5.73 Å². The van der Waals surface area contributed by atoms with E-state index in [9.17, 15) is 9.18 Å². The molecule has 4 nitrogen and oxygen atoms in total. The van der Waals surface area contributed by atoms with Gasteiger partial charge in [0, 0.05) is 12.4 Å². The minimum absolute atomic E-state index is 0.141. The first-order chi connectivity index (χ1) is 7.16. The summed E-state index contributed by atoms with van der Waals surface area (Å²) < 4.78 is 18.0. The van der Waals surface area contributed by atoms with Gasteiger partial charge < -0.3 is 10.5 Å². The van der Waals surface area contributed by atoms with Crippen LogP contribution in [-0.4, -0.2) is 23.7 Å². The molecule has 0 aromatic carbocycles. The molecule has 1 aromatic heterocycles. The van der Waals surface area contributed by atoms with E-state index in [2.05, 4.69) is 9.72 Å². The number of hydrogen-bond donors (Lipinski definition) is 1. The zero-order valence-corrected chi connectivity index (χ0v) is 8.39. The average Bonchev–Trinajstić information content (AvgIpc) is 2.28. The van der Waals surface area contributed by atoms with Crippen LogP contribution in [0.4, 0.5) is 4.39 Å². The second kappa shape index (κ2) is 5.41. The van der Waals surface area contributed by atoms with Crippen LogP contribution in [0.15, 0.2) is 24.5 Å². The molecule has 0 bridgehead atoms. The summed E-state index contributed by atoms with van der Waals surface area (Å²) in [7, 11) is 0. The molecular formula is C10H13FN2O2. The molecule has 0 radical (unpaired) electrons. The molecule has 1 unspecified atom stereocenters. The van der Waals surface area contributed by atoms with Crippen molar-refractivity contribution in [1.29, 1.82) is 0 Å². The third-order valence-corrected chi connectivity index (χ3v) is 1.92. The van der Waals surface area contributed by atoms with E-state index in [0.717, 1.165) is 0 Å². The van der Waals surface area contributed by atoms with Crippen LogP contribution in [0.2, 0.25) is 0 Å². The second-order valence-electron chi connectivity index (χ2n) is 2.96. The predicted octanol–water partition coefficient (Wildman–Crippen LogP) is 0.983. The van der Waals surface area contributed by atoms with Crippen LogP contribution >= 0.6 is 0 Å². The third-order valence-electron chi connectivity index (χ3n) is 1.92. The maximum Gasteiger partial charge on any atom is 0.342 e. The Morgan fingerprint density at radius 3 is 2.73 bits per heavy atom. The third kappa shape index (κ3) is 2.99. The highest BCUT2D eigenvalue weighted by molar-refractivity contribution is 5.75. The van der Waals surface area contributed by atoms with Gasteiger partial charge in [-0.05, 0) is 24.6 Å². The summed E-state index contributed by atoms with van der Waals surface area (Å²) >= 11 is 0. The van der Waals surface area contributed by atoms with Crippen molar-refractivity contribution in [1.82, 2.24) is 4.98 Å². The van der Waals surface area contributed by atoms with E-state index >= 15 is 0 Å². The number of nitrogens with zero attached hydrogens (tertiary/aromatic N) is 1. The first-order valence-electron chi connectivity index (χ1n) is 4.63. The van der Waals surface area contributed by atoms with Crippen molar-refractivity contribution < 1.29 is 13.9 Å². The monoisotopic (exact) mass is 212 g/mol. The molecule has 0 spiro atoms. The molecule has 2 atom stereocenters. The van der Waals surface area contributed by atoms with Crippen LogP contribution in [0.3, 0.4) is 0 Å². The minimum Gasteiger partial charge on any atom is -0.464 e. The molecular weight excluding hydrogens is 199 g/mol. The van der Waals surface area contributed by atoms with Crippen molar-refractivity contribution in [3.05, 3.63) is 30.1 Å². The lowest BCUT2D eigenvalue weighted by Gasteiger charge is -2.15. The number of carbonyl (C=O) groups excluding carboxylic acids is 1. The lowest BCUT2D eigenvalue weighted by Crippen LogP contribution is -2.31. The summed E-state index contributed by atoms with van der Waals surface area (Å²) in [5, 5.41) is 0. The van der Waals surface area contributed by atoms with Gasteiger partial charge in [0.2, 0.25) is 6.17 Å². The number of pyridine rings is 1. The number of aromatic nitrogens is 1. The van der Waals surface area contributed by atoms with Gasteiger partial charge in [-0.3, -0.25) is 4.98 Å². The van der Waals surface area contributed by atoms with Crippen LogP contribution in [0, 0.1) is 0 Å². The van der Waals surface area contributed by atoms with Gasteiger partial charge in [0.05, 0.1) is 12.6 Å². The highest BCUT2D eigenvalue weighted by Gasteiger charge is 2.27. The molecule has 5 heteroatoms. The van der Waals surface area contributed by atoms with Gasteiger partial charge in [-0.15, -0.1) is 0 Å². The lowest BCUT2D eigenvalue weighted by molar-refractivity contribution is -0.149. The molecule has 82 valence electrons. The molecule has 0 saturated heterocycles. The maximum absolute atomic E-state index is 13.4. The first kappa shape index (κ1) is 11.6. The predicted molar refractivity (Wildman–Crippen MR) is 52.7 cm³/mol. The Labute approximate surface area is 87.3 Å². The minimum atomic E-state index is -1.84. The first-order valence-corrected chi connectivity index (χ1v) is 4.63. The molecule has 0 fully saturated rings. The normalized spacial score (nSPS) is 14.3. The molecule has 0 aliphatic heterocycles. The number of nitrogens with two attached hydrogens (primary N) is 1. The summed E-state index contributed by atoms with van der Waals surface area (Å²) in [4.78, 5) is 14.8. The number of halogens is 1. The molecule has 0 amide bonds. The van der Waals surface area contributed by atoms with E-state index in [-0.39, 0.29) is 6.61 Å². The molecule has 2 N–H and O–H groups in total. The van der Waals surface area contributed by atoms with Crippen LogP contribution < -0.4 is 5.73 Å². The highest BCUT2D eigenvalue weighted by atomic mass is 19.1. The Hall–Kier alpha value is -1.49. The number of carbonyl (C=O) groups is 1. The van der Waals surface area contributed by atoms with Crippen molar-refractivity contribution in [3.63, 3.8) is 0 Å². The SMILES string of the molecule is CCOC(=O)C(F)[C@@H](N)c1ccncc1. The van der Waals surface area contributed by atoms with E-state index in [1.807, 2.05) is 0 Å². The van der Waals surface area contributed by atoms with Crippen molar-refractivity contribution in [2.45, 2.75) is 19.1 Å². The molecule has 0 aliphatic rings. The summed E-state index contributed by atoms with van der Waals surface area (Å²) in [6, 6.07) is 2.12. The molecule has 15 heavy (non-hydrogen) atoms. The number of rotatable bonds is 4. The largest absolute Gasteiger partial charge is 0.464 e. The average molecular weight is 212 g/mol. The molecule has 0 saturated carbocycles. The number of ether oxygens (including phenoxy) is 1. The van der Waals surface area contributed by atoms with E-state index in [1.54, 1.807) is 19.1 Å². The van der Waals surface area contributed by atoms with Gasteiger partial charge in [0.15, 0.2) is 0 Å². The molecule has 0 aliphatic carbocycles. The van der Waals surface area contributed by atoms with E-state index in [0.29, 0.717) is 5.56 Å². The lowest BCUT2D eigenvalue weighted by atomic mass is 10.1. The van der Waals surface area contributed by atoms with Gasteiger partial charge in [-0.25, -0.2) is 9.18 Å². The van der Waals surface area contributed by atoms with Gasteiger partial charge in [0.25, 0.3) is 0 Å². The molecule has 1 aromatic rings. The van der Waals surface area contributed by atoms with Gasteiger partial charge in [0.1, 0.15) is 0 Å². The Balaban J connectivity index is 2.68. The zero-order chi connectivity index (χ0) is 11.3. The van der Waals surface area contributed by atoms with Gasteiger partial charge in [-0.2, -0.15) is 0 Å². The smallest absolute Gasteiger partial charge is 0.342 e. The van der Waals surface area contributed by atoms with Crippen molar-refractivity contribution in [2.24, 2.45) is 5.73 Å². The highest BCUT2D eigenvalue weighted by Crippen LogP contribution is 2.16. The maximum atomic E-state index is 13.4. The van der Waals surface area contributed by atoms with Crippen LogP contribution in [0.5, 0.6) is 0 Å². The fourth-order valence-electron chi connectivity index (χ4n) is 1.12. The van der Waals surface area contributed by atoms with Crippen LogP contribution in [0.1, 0.15) is 18.5 Å². The van der Waals surface area contributed by atoms with Crippen LogP contribution in [-0.2, 0) is 9.53 Å². The summed E-state index contributed by atoms with van der Waals surface area (Å²) in [5.41, 5.74) is 6.09. The Kier molecular flexibility index (Phi) is 4.17. The number of hydrogen-bond acceptors (Lipinski definition) is 4. The standard InChI is InChI=1S/C10H13FN2O2/c1-2-15-10(14)8(11)9(12)7-3-5-13-6-4-7/h3-6,8-9H,2,12H2,1H3/t8?,9-/m0/s1. The Morgan fingerprint density at radius 1 is 1.60 bits per heavy atom. The van der Waals surface area contributed by atoms with Crippen molar-refractivity contribution in [3.8, 4) is 0 Å². The van der Waals surface area contributed by atoms with E-state index < -0.39 is 18.2 Å². The molecule has 1 rings (SSSR count). The Morgan fingerprint density at radius 2 is 2.20 bits per heavy atom. The van der Waals surface area contributed by atoms with Gasteiger partial charge >= 0.3 is 5.97 Å². The summed E-state index contributed by atoms with van der Waals surface area (Å²) in [5.74, 6) is -0.929. The fraction of sp³-hybridized carbons (Fsp3) is 0.400. The summed E-state index contributed by atoms with van der Waals surface area (Å²) in [6.07, 6.45) is 1.15. The summed E-state index contributed by atoms with van der Waals surface area (Å²) in [6.45, 7) is 1.75. The quantitative estimate of drug-likeness (QED) is 0.755. The number of esters is 1. The fourth-order valence-corrected chi connectivity index (χ4v) is 1.12. The van der Waals surface area contributed by atoms with Gasteiger partial charge in [-0.1, -0.05) is 0 Å². The second-order valence-corrected chi connectivity index (χ2v) is 2.96. The molecule has 1 heterocycles. The van der Waals surface area contributed by atoms with Crippen molar-refractivity contribution in [2.75, 3.05) is 6.61 Å². The van der Waals surface area contributed by atoms with Crippen LogP contribution in [0.25, 0.3) is 0 Å².